The lowest BCUT2D eigenvalue weighted by atomic mass is 10.1. The lowest BCUT2D eigenvalue weighted by Gasteiger charge is -2.10. The first-order chi connectivity index (χ1) is 10.7. The molecular formula is C17H15N3O2. The smallest absolute Gasteiger partial charge is 0.257 e. The van der Waals surface area contributed by atoms with Gasteiger partial charge < -0.3 is 10.4 Å². The molecule has 2 N–H and O–H groups in total. The number of nitrogens with one attached hydrogen (secondary N) is 1. The fourth-order valence-corrected chi connectivity index (χ4v) is 2.11. The Balaban J connectivity index is 1.71. The van der Waals surface area contributed by atoms with Crippen LogP contribution in [0.25, 0.3) is 5.69 Å². The normalized spacial score (nSPS) is 11.9. The molecular weight excluding hydrogens is 278 g/mol. The third-order valence-corrected chi connectivity index (χ3v) is 3.23. The molecule has 1 aromatic heterocycles. The van der Waals surface area contributed by atoms with Gasteiger partial charge in [-0.2, -0.15) is 5.10 Å². The molecule has 110 valence electrons. The van der Waals surface area contributed by atoms with E-state index in [1.807, 2.05) is 36.4 Å². The van der Waals surface area contributed by atoms with Crippen molar-refractivity contribution >= 4 is 11.6 Å². The van der Waals surface area contributed by atoms with E-state index in [0.717, 1.165) is 5.69 Å². The van der Waals surface area contributed by atoms with Gasteiger partial charge in [0.2, 0.25) is 0 Å². The van der Waals surface area contributed by atoms with Crippen LogP contribution in [0, 0.1) is 0 Å². The van der Waals surface area contributed by atoms with Crippen LogP contribution in [0.1, 0.15) is 11.7 Å². The number of rotatable bonds is 4. The molecule has 0 aliphatic carbocycles. The maximum atomic E-state index is 12.1. The summed E-state index contributed by atoms with van der Waals surface area (Å²) in [5.74, 6) is -0.487. The quantitative estimate of drug-likeness (QED) is 0.777. The first-order valence-corrected chi connectivity index (χ1v) is 6.88. The van der Waals surface area contributed by atoms with Crippen LogP contribution in [0.5, 0.6) is 0 Å². The molecule has 0 aliphatic heterocycles. The van der Waals surface area contributed by atoms with Gasteiger partial charge in [-0.3, -0.25) is 4.79 Å². The highest BCUT2D eigenvalue weighted by molar-refractivity contribution is 5.94. The van der Waals surface area contributed by atoms with Gasteiger partial charge in [0, 0.05) is 0 Å². The van der Waals surface area contributed by atoms with Crippen molar-refractivity contribution in [1.82, 2.24) is 9.78 Å². The fraction of sp³-hybridized carbons (Fsp3) is 0.0588. The summed E-state index contributed by atoms with van der Waals surface area (Å²) in [6, 6.07) is 18.4. The first kappa shape index (κ1) is 14.0. The van der Waals surface area contributed by atoms with Crippen LogP contribution in [0.4, 0.5) is 5.69 Å². The number of para-hydroxylation sites is 1. The highest BCUT2D eigenvalue weighted by Crippen LogP contribution is 2.16. The molecule has 0 aliphatic rings. The summed E-state index contributed by atoms with van der Waals surface area (Å²) in [6.45, 7) is 0. The van der Waals surface area contributed by atoms with Crippen molar-refractivity contribution in [2.75, 3.05) is 5.32 Å². The summed E-state index contributed by atoms with van der Waals surface area (Å²) in [5.41, 5.74) is 1.98. The predicted molar refractivity (Wildman–Crippen MR) is 83.6 cm³/mol. The molecule has 5 nitrogen and oxygen atoms in total. The molecule has 0 saturated carbocycles. The van der Waals surface area contributed by atoms with Gasteiger partial charge in [-0.1, -0.05) is 48.5 Å². The number of aromatic nitrogens is 2. The molecule has 0 radical (unpaired) electrons. The molecule has 3 aromatic rings. The minimum atomic E-state index is -1.21. The third kappa shape index (κ3) is 3.05. The first-order valence-electron chi connectivity index (χ1n) is 6.88. The Bertz CT molecular complexity index is 754. The molecule has 1 amide bonds. The highest BCUT2D eigenvalue weighted by atomic mass is 16.3. The van der Waals surface area contributed by atoms with Gasteiger partial charge in [0.05, 0.1) is 23.8 Å². The predicted octanol–water partition coefficient (Wildman–Crippen LogP) is 2.54. The van der Waals surface area contributed by atoms with Crippen molar-refractivity contribution < 1.29 is 9.90 Å². The average Bonchev–Trinajstić information content (AvgIpc) is 3.04. The van der Waals surface area contributed by atoms with Crippen LogP contribution in [-0.4, -0.2) is 20.8 Å². The molecule has 1 heterocycles. The number of benzene rings is 2. The topological polar surface area (TPSA) is 67.2 Å². The zero-order chi connectivity index (χ0) is 15.4. The van der Waals surface area contributed by atoms with Gasteiger partial charge in [0.25, 0.3) is 5.91 Å². The van der Waals surface area contributed by atoms with E-state index in [9.17, 15) is 9.90 Å². The van der Waals surface area contributed by atoms with Crippen molar-refractivity contribution in [3.8, 4) is 5.69 Å². The number of hydrogen-bond acceptors (Lipinski definition) is 3. The van der Waals surface area contributed by atoms with Crippen molar-refractivity contribution in [3.63, 3.8) is 0 Å². The zero-order valence-electron chi connectivity index (χ0n) is 11.8. The minimum Gasteiger partial charge on any atom is -0.378 e. The van der Waals surface area contributed by atoms with Crippen LogP contribution >= 0.6 is 0 Å². The molecule has 0 fully saturated rings. The van der Waals surface area contributed by atoms with E-state index in [0.29, 0.717) is 11.3 Å². The Morgan fingerprint density at radius 2 is 1.68 bits per heavy atom. The molecule has 0 bridgehead atoms. The second-order valence-corrected chi connectivity index (χ2v) is 4.81. The SMILES string of the molecule is O=C(Nc1cnn(-c2ccccc2)c1)C(O)c1ccccc1. The van der Waals surface area contributed by atoms with E-state index in [-0.39, 0.29) is 0 Å². The second-order valence-electron chi connectivity index (χ2n) is 4.81. The Kier molecular flexibility index (Phi) is 3.98. The maximum Gasteiger partial charge on any atom is 0.257 e. The van der Waals surface area contributed by atoms with Crippen LogP contribution < -0.4 is 5.32 Å². The van der Waals surface area contributed by atoms with E-state index in [1.165, 1.54) is 0 Å². The van der Waals surface area contributed by atoms with Gasteiger partial charge in [0.1, 0.15) is 0 Å². The number of anilines is 1. The summed E-state index contributed by atoms with van der Waals surface area (Å²) >= 11 is 0. The number of carbonyl (C=O) groups is 1. The zero-order valence-corrected chi connectivity index (χ0v) is 11.8. The van der Waals surface area contributed by atoms with E-state index < -0.39 is 12.0 Å². The van der Waals surface area contributed by atoms with Crippen LogP contribution in [0.15, 0.2) is 73.1 Å². The van der Waals surface area contributed by atoms with E-state index in [1.54, 1.807) is 41.3 Å². The molecule has 0 saturated heterocycles. The number of carbonyl (C=O) groups excluding carboxylic acids is 1. The van der Waals surface area contributed by atoms with Crippen LogP contribution in [0.3, 0.4) is 0 Å². The summed E-state index contributed by atoms with van der Waals surface area (Å²) in [6.07, 6.45) is 2.04. The summed E-state index contributed by atoms with van der Waals surface area (Å²) < 4.78 is 1.66. The number of nitrogens with zero attached hydrogens (tertiary/aromatic N) is 2. The van der Waals surface area contributed by atoms with E-state index >= 15 is 0 Å². The van der Waals surface area contributed by atoms with Crippen molar-refractivity contribution in [2.45, 2.75) is 6.10 Å². The lowest BCUT2D eigenvalue weighted by molar-refractivity contribution is -0.124. The molecule has 0 spiro atoms. The number of amides is 1. The van der Waals surface area contributed by atoms with Gasteiger partial charge >= 0.3 is 0 Å². The molecule has 22 heavy (non-hydrogen) atoms. The highest BCUT2D eigenvalue weighted by Gasteiger charge is 2.17. The number of aliphatic hydroxyl groups excluding tert-OH is 1. The minimum absolute atomic E-state index is 0.487. The molecule has 1 unspecified atom stereocenters. The Labute approximate surface area is 127 Å². The van der Waals surface area contributed by atoms with Crippen molar-refractivity contribution in [2.24, 2.45) is 0 Å². The van der Waals surface area contributed by atoms with Gasteiger partial charge in [0.15, 0.2) is 6.10 Å². The Morgan fingerprint density at radius 1 is 1.05 bits per heavy atom. The monoisotopic (exact) mass is 293 g/mol. The number of hydrogen-bond donors (Lipinski definition) is 2. The molecule has 1 atom stereocenters. The van der Waals surface area contributed by atoms with Gasteiger partial charge in [-0.15, -0.1) is 0 Å². The van der Waals surface area contributed by atoms with Crippen molar-refractivity contribution in [3.05, 3.63) is 78.6 Å². The van der Waals surface area contributed by atoms with E-state index in [2.05, 4.69) is 10.4 Å². The van der Waals surface area contributed by atoms with Gasteiger partial charge in [-0.25, -0.2) is 4.68 Å². The Morgan fingerprint density at radius 3 is 2.36 bits per heavy atom. The van der Waals surface area contributed by atoms with Crippen LogP contribution in [-0.2, 0) is 4.79 Å². The molecule has 2 aromatic carbocycles. The summed E-state index contributed by atoms with van der Waals surface area (Å²) in [7, 11) is 0. The maximum absolute atomic E-state index is 12.1. The lowest BCUT2D eigenvalue weighted by Crippen LogP contribution is -2.20. The summed E-state index contributed by atoms with van der Waals surface area (Å²) in [4.78, 5) is 12.1. The average molecular weight is 293 g/mol. The fourth-order valence-electron chi connectivity index (χ4n) is 2.11. The summed E-state index contributed by atoms with van der Waals surface area (Å²) in [5, 5.41) is 16.9. The van der Waals surface area contributed by atoms with Gasteiger partial charge in [-0.05, 0) is 17.7 Å². The standard InChI is InChI=1S/C17H15N3O2/c21-16(13-7-3-1-4-8-13)17(22)19-14-11-18-20(12-14)15-9-5-2-6-10-15/h1-12,16,21H,(H,19,22). The Hall–Kier alpha value is -2.92. The second kappa shape index (κ2) is 6.24. The molecule has 5 heteroatoms. The van der Waals surface area contributed by atoms with Crippen LogP contribution in [0.2, 0.25) is 0 Å². The largest absolute Gasteiger partial charge is 0.378 e. The number of aliphatic hydroxyl groups is 1. The van der Waals surface area contributed by atoms with Crippen molar-refractivity contribution in [1.29, 1.82) is 0 Å². The van der Waals surface area contributed by atoms with E-state index in [4.69, 9.17) is 0 Å². The molecule has 3 rings (SSSR count). The third-order valence-electron chi connectivity index (χ3n) is 3.23.